The smallest absolute Gasteiger partial charge is 0.230 e. The van der Waals surface area contributed by atoms with Crippen LogP contribution in [0.3, 0.4) is 0 Å². The Bertz CT molecular complexity index is 830. The number of imidazole rings is 1. The standard InChI is InChI=1S/C17H18N4O/c1-17(2,3)16(22)21-15-6-4-5-12(20-15)11-7-8-13-14(9-11)19-10-18-13/h4-10H,1-3H3,(H,18,19)(H,20,21,22). The molecule has 112 valence electrons. The zero-order chi connectivity index (χ0) is 15.7. The van der Waals surface area contributed by atoms with E-state index >= 15 is 0 Å². The van der Waals surface area contributed by atoms with Gasteiger partial charge in [0.2, 0.25) is 5.91 Å². The molecule has 0 aliphatic heterocycles. The van der Waals surface area contributed by atoms with E-state index in [0.717, 1.165) is 22.3 Å². The van der Waals surface area contributed by atoms with Gasteiger partial charge in [0.15, 0.2) is 0 Å². The van der Waals surface area contributed by atoms with Crippen molar-refractivity contribution in [2.75, 3.05) is 5.32 Å². The lowest BCUT2D eigenvalue weighted by atomic mass is 9.96. The third kappa shape index (κ3) is 2.83. The highest BCUT2D eigenvalue weighted by Gasteiger charge is 2.21. The molecule has 0 fully saturated rings. The summed E-state index contributed by atoms with van der Waals surface area (Å²) in [5.41, 5.74) is 3.19. The molecule has 2 aromatic heterocycles. The zero-order valence-corrected chi connectivity index (χ0v) is 12.8. The summed E-state index contributed by atoms with van der Waals surface area (Å²) in [5.74, 6) is 0.499. The van der Waals surface area contributed by atoms with E-state index in [1.807, 2.05) is 51.1 Å². The van der Waals surface area contributed by atoms with E-state index in [1.54, 1.807) is 12.4 Å². The number of carbonyl (C=O) groups is 1. The van der Waals surface area contributed by atoms with Gasteiger partial charge in [0.05, 0.1) is 23.1 Å². The van der Waals surface area contributed by atoms with E-state index in [0.29, 0.717) is 5.82 Å². The van der Waals surface area contributed by atoms with Gasteiger partial charge in [-0.1, -0.05) is 32.9 Å². The van der Waals surface area contributed by atoms with Crippen LogP contribution in [0.1, 0.15) is 20.8 Å². The van der Waals surface area contributed by atoms with Crippen molar-refractivity contribution >= 4 is 22.8 Å². The van der Waals surface area contributed by atoms with Crippen molar-refractivity contribution in [1.82, 2.24) is 15.0 Å². The van der Waals surface area contributed by atoms with Crippen LogP contribution >= 0.6 is 0 Å². The van der Waals surface area contributed by atoms with Crippen molar-refractivity contribution in [3.63, 3.8) is 0 Å². The predicted octanol–water partition coefficient (Wildman–Crippen LogP) is 3.61. The normalized spacial score (nSPS) is 11.6. The minimum atomic E-state index is -0.453. The minimum absolute atomic E-state index is 0.0556. The lowest BCUT2D eigenvalue weighted by Crippen LogP contribution is -2.28. The van der Waals surface area contributed by atoms with Gasteiger partial charge in [-0.25, -0.2) is 9.97 Å². The van der Waals surface area contributed by atoms with Crippen molar-refractivity contribution in [1.29, 1.82) is 0 Å². The minimum Gasteiger partial charge on any atom is -0.345 e. The summed E-state index contributed by atoms with van der Waals surface area (Å²) < 4.78 is 0. The van der Waals surface area contributed by atoms with Gasteiger partial charge in [0.25, 0.3) is 0 Å². The van der Waals surface area contributed by atoms with Gasteiger partial charge >= 0.3 is 0 Å². The summed E-state index contributed by atoms with van der Waals surface area (Å²) in [5, 5.41) is 2.85. The summed E-state index contributed by atoms with van der Waals surface area (Å²) in [6.45, 7) is 5.62. The quantitative estimate of drug-likeness (QED) is 0.758. The predicted molar refractivity (Wildman–Crippen MR) is 87.4 cm³/mol. The van der Waals surface area contributed by atoms with Crippen LogP contribution in [0, 0.1) is 5.41 Å². The maximum Gasteiger partial charge on any atom is 0.230 e. The molecule has 1 amide bonds. The summed E-state index contributed by atoms with van der Waals surface area (Å²) in [7, 11) is 0. The molecule has 3 aromatic rings. The molecule has 22 heavy (non-hydrogen) atoms. The maximum absolute atomic E-state index is 12.1. The number of carbonyl (C=O) groups excluding carboxylic acids is 1. The Morgan fingerprint density at radius 1 is 1.18 bits per heavy atom. The van der Waals surface area contributed by atoms with Crippen LogP contribution in [0.5, 0.6) is 0 Å². The van der Waals surface area contributed by atoms with Crippen LogP contribution in [-0.2, 0) is 4.79 Å². The van der Waals surface area contributed by atoms with Crippen LogP contribution in [-0.4, -0.2) is 20.9 Å². The largest absolute Gasteiger partial charge is 0.345 e. The second kappa shape index (κ2) is 5.26. The zero-order valence-electron chi connectivity index (χ0n) is 12.8. The van der Waals surface area contributed by atoms with E-state index in [4.69, 9.17) is 0 Å². The molecule has 0 aliphatic rings. The van der Waals surface area contributed by atoms with E-state index in [2.05, 4.69) is 20.3 Å². The number of hydrogen-bond acceptors (Lipinski definition) is 3. The highest BCUT2D eigenvalue weighted by atomic mass is 16.2. The van der Waals surface area contributed by atoms with Gasteiger partial charge in [-0.3, -0.25) is 4.79 Å². The van der Waals surface area contributed by atoms with E-state index in [1.165, 1.54) is 0 Å². The molecule has 5 nitrogen and oxygen atoms in total. The van der Waals surface area contributed by atoms with Gasteiger partial charge < -0.3 is 10.3 Å². The van der Waals surface area contributed by atoms with Crippen molar-refractivity contribution in [3.05, 3.63) is 42.7 Å². The lowest BCUT2D eigenvalue weighted by molar-refractivity contribution is -0.123. The van der Waals surface area contributed by atoms with Crippen molar-refractivity contribution in [3.8, 4) is 11.3 Å². The number of fused-ring (bicyclic) bond motifs is 1. The van der Waals surface area contributed by atoms with Crippen LogP contribution in [0.15, 0.2) is 42.7 Å². The van der Waals surface area contributed by atoms with Gasteiger partial charge in [0.1, 0.15) is 5.82 Å². The Kier molecular flexibility index (Phi) is 3.41. The molecule has 0 atom stereocenters. The summed E-state index contributed by atoms with van der Waals surface area (Å²) >= 11 is 0. The fourth-order valence-electron chi connectivity index (χ4n) is 2.06. The monoisotopic (exact) mass is 294 g/mol. The molecule has 0 saturated heterocycles. The van der Waals surface area contributed by atoms with E-state index < -0.39 is 5.41 Å². The summed E-state index contributed by atoms with van der Waals surface area (Å²) in [6.07, 6.45) is 1.67. The number of nitrogens with one attached hydrogen (secondary N) is 2. The maximum atomic E-state index is 12.1. The molecule has 3 rings (SSSR count). The van der Waals surface area contributed by atoms with Crippen molar-refractivity contribution in [2.24, 2.45) is 5.41 Å². The third-order valence-electron chi connectivity index (χ3n) is 3.39. The number of amides is 1. The Balaban J connectivity index is 1.91. The van der Waals surface area contributed by atoms with Crippen molar-refractivity contribution < 1.29 is 4.79 Å². The molecule has 0 aliphatic carbocycles. The second-order valence-electron chi connectivity index (χ2n) is 6.25. The van der Waals surface area contributed by atoms with Crippen LogP contribution in [0.2, 0.25) is 0 Å². The molecule has 0 unspecified atom stereocenters. The Morgan fingerprint density at radius 2 is 2.00 bits per heavy atom. The Hall–Kier alpha value is -2.69. The van der Waals surface area contributed by atoms with Crippen LogP contribution < -0.4 is 5.32 Å². The highest BCUT2D eigenvalue weighted by Crippen LogP contribution is 2.23. The molecule has 2 N–H and O–H groups in total. The molecule has 1 aromatic carbocycles. The summed E-state index contributed by atoms with van der Waals surface area (Å²) in [4.78, 5) is 23.9. The number of H-pyrrole nitrogens is 1. The molecule has 0 bridgehead atoms. The molecule has 0 saturated carbocycles. The molecule has 5 heteroatoms. The number of aromatic amines is 1. The van der Waals surface area contributed by atoms with Gasteiger partial charge in [0, 0.05) is 11.0 Å². The second-order valence-corrected chi connectivity index (χ2v) is 6.25. The number of benzene rings is 1. The topological polar surface area (TPSA) is 70.7 Å². The number of hydrogen-bond donors (Lipinski definition) is 2. The number of anilines is 1. The fourth-order valence-corrected chi connectivity index (χ4v) is 2.06. The van der Waals surface area contributed by atoms with Crippen molar-refractivity contribution in [2.45, 2.75) is 20.8 Å². The van der Waals surface area contributed by atoms with E-state index in [-0.39, 0.29) is 5.91 Å². The Morgan fingerprint density at radius 3 is 2.77 bits per heavy atom. The van der Waals surface area contributed by atoms with Crippen LogP contribution in [0.25, 0.3) is 22.3 Å². The lowest BCUT2D eigenvalue weighted by Gasteiger charge is -2.17. The van der Waals surface area contributed by atoms with Gasteiger partial charge in [-0.15, -0.1) is 0 Å². The number of aromatic nitrogens is 3. The highest BCUT2D eigenvalue weighted by molar-refractivity contribution is 5.94. The van der Waals surface area contributed by atoms with Gasteiger partial charge in [-0.2, -0.15) is 0 Å². The third-order valence-corrected chi connectivity index (χ3v) is 3.39. The van der Waals surface area contributed by atoms with Gasteiger partial charge in [-0.05, 0) is 24.3 Å². The first-order chi connectivity index (χ1) is 10.4. The van der Waals surface area contributed by atoms with Crippen LogP contribution in [0.4, 0.5) is 5.82 Å². The summed E-state index contributed by atoms with van der Waals surface area (Å²) in [6, 6.07) is 11.5. The first-order valence-corrected chi connectivity index (χ1v) is 7.15. The average Bonchev–Trinajstić information content (AvgIpc) is 2.94. The number of pyridine rings is 1. The first-order valence-electron chi connectivity index (χ1n) is 7.15. The fraction of sp³-hybridized carbons (Fsp3) is 0.235. The number of rotatable bonds is 2. The first kappa shape index (κ1) is 14.3. The average molecular weight is 294 g/mol. The molecule has 0 radical (unpaired) electrons. The van der Waals surface area contributed by atoms with E-state index in [9.17, 15) is 4.79 Å². The molecular weight excluding hydrogens is 276 g/mol. The molecule has 2 heterocycles. The Labute approximate surface area is 128 Å². The number of nitrogens with zero attached hydrogens (tertiary/aromatic N) is 2. The molecule has 0 spiro atoms. The molecular formula is C17H18N4O. The SMILES string of the molecule is CC(C)(C)C(=O)Nc1cccc(-c2ccc3[nH]cnc3c2)n1.